The lowest BCUT2D eigenvalue weighted by atomic mass is 10.1. The first-order valence-corrected chi connectivity index (χ1v) is 5.05. The molecular weight excluding hydrogens is 190 g/mol. The monoisotopic (exact) mass is 205 g/mol. The maximum atomic E-state index is 5.33. The number of nitrogens with one attached hydrogen (secondary N) is 2. The van der Waals surface area contributed by atoms with Gasteiger partial charge in [0.05, 0.1) is 18.5 Å². The van der Waals surface area contributed by atoms with Crippen LogP contribution in [0.3, 0.4) is 0 Å². The molecule has 2 unspecified atom stereocenters. The number of hydrogen-bond acceptors (Lipinski definition) is 3. The summed E-state index contributed by atoms with van der Waals surface area (Å²) in [6, 6.07) is 4.32. The van der Waals surface area contributed by atoms with Crippen LogP contribution in [-0.4, -0.2) is 10.2 Å². The van der Waals surface area contributed by atoms with Gasteiger partial charge in [0.2, 0.25) is 0 Å². The molecule has 0 amide bonds. The zero-order valence-electron chi connectivity index (χ0n) is 8.90. The van der Waals surface area contributed by atoms with Crippen LogP contribution in [0.1, 0.15) is 37.3 Å². The average molecular weight is 205 g/mol. The van der Waals surface area contributed by atoms with Crippen molar-refractivity contribution >= 4 is 0 Å². The second kappa shape index (κ2) is 4.31. The lowest BCUT2D eigenvalue weighted by Gasteiger charge is -2.17. The molecule has 4 nitrogen and oxygen atoms in total. The van der Waals surface area contributed by atoms with Crippen LogP contribution < -0.4 is 5.32 Å². The Balaban J connectivity index is 1.98. The summed E-state index contributed by atoms with van der Waals surface area (Å²) in [5, 5.41) is 10.2. The third-order valence-corrected chi connectivity index (χ3v) is 2.49. The predicted molar refractivity (Wildman–Crippen MR) is 57.3 cm³/mol. The van der Waals surface area contributed by atoms with E-state index in [1.165, 1.54) is 0 Å². The van der Waals surface area contributed by atoms with Crippen LogP contribution in [0, 0.1) is 0 Å². The van der Waals surface area contributed by atoms with E-state index in [9.17, 15) is 0 Å². The number of hydrogen-bond donors (Lipinski definition) is 2. The smallest absolute Gasteiger partial charge is 0.120 e. The molecule has 0 aliphatic heterocycles. The van der Waals surface area contributed by atoms with Crippen molar-refractivity contribution in [1.29, 1.82) is 0 Å². The fourth-order valence-electron chi connectivity index (χ4n) is 1.59. The van der Waals surface area contributed by atoms with E-state index in [1.54, 1.807) is 6.26 Å². The highest BCUT2D eigenvalue weighted by Gasteiger charge is 2.13. The zero-order chi connectivity index (χ0) is 10.7. The molecule has 2 aromatic heterocycles. The number of nitrogens with zero attached hydrogens (tertiary/aromatic N) is 1. The fraction of sp³-hybridized carbons (Fsp3) is 0.364. The van der Waals surface area contributed by atoms with Gasteiger partial charge in [0.1, 0.15) is 5.76 Å². The second-order valence-corrected chi connectivity index (χ2v) is 3.66. The van der Waals surface area contributed by atoms with Gasteiger partial charge in [0.25, 0.3) is 0 Å². The quantitative estimate of drug-likeness (QED) is 0.805. The van der Waals surface area contributed by atoms with Crippen LogP contribution in [0.2, 0.25) is 0 Å². The second-order valence-electron chi connectivity index (χ2n) is 3.66. The maximum absolute atomic E-state index is 5.33. The number of rotatable bonds is 4. The molecule has 0 radical (unpaired) electrons. The summed E-state index contributed by atoms with van der Waals surface area (Å²) in [5.74, 6) is 0.949. The highest BCUT2D eigenvalue weighted by Crippen LogP contribution is 2.18. The molecule has 0 aliphatic rings. The highest BCUT2D eigenvalue weighted by molar-refractivity contribution is 5.10. The van der Waals surface area contributed by atoms with Gasteiger partial charge in [0, 0.05) is 17.8 Å². The fourth-order valence-corrected chi connectivity index (χ4v) is 1.59. The van der Waals surface area contributed by atoms with Crippen LogP contribution >= 0.6 is 0 Å². The van der Waals surface area contributed by atoms with Crippen molar-refractivity contribution in [2.24, 2.45) is 0 Å². The molecule has 0 saturated carbocycles. The number of H-pyrrole nitrogens is 1. The van der Waals surface area contributed by atoms with E-state index in [4.69, 9.17) is 4.42 Å². The van der Waals surface area contributed by atoms with E-state index >= 15 is 0 Å². The molecule has 15 heavy (non-hydrogen) atoms. The van der Waals surface area contributed by atoms with Crippen molar-refractivity contribution < 1.29 is 4.42 Å². The Morgan fingerprint density at radius 3 is 2.87 bits per heavy atom. The van der Waals surface area contributed by atoms with Crippen LogP contribution in [0.25, 0.3) is 0 Å². The van der Waals surface area contributed by atoms with E-state index in [-0.39, 0.29) is 12.1 Å². The highest BCUT2D eigenvalue weighted by atomic mass is 16.3. The van der Waals surface area contributed by atoms with Gasteiger partial charge in [-0.3, -0.25) is 5.10 Å². The van der Waals surface area contributed by atoms with Crippen molar-refractivity contribution in [1.82, 2.24) is 15.5 Å². The Morgan fingerprint density at radius 1 is 1.40 bits per heavy atom. The molecule has 0 bridgehead atoms. The summed E-state index contributed by atoms with van der Waals surface area (Å²) in [4.78, 5) is 0. The van der Waals surface area contributed by atoms with Gasteiger partial charge in [-0.2, -0.15) is 5.10 Å². The standard InChI is InChI=1S/C11H15N3O/c1-8(10-6-12-13-7-10)14-9(2)11-4-3-5-15-11/h3-9,14H,1-2H3,(H,12,13). The molecule has 0 fully saturated rings. The van der Waals surface area contributed by atoms with Gasteiger partial charge in [-0.15, -0.1) is 0 Å². The van der Waals surface area contributed by atoms with Gasteiger partial charge in [-0.25, -0.2) is 0 Å². The van der Waals surface area contributed by atoms with Crippen LogP contribution in [0.4, 0.5) is 0 Å². The molecule has 0 aliphatic carbocycles. The summed E-state index contributed by atoms with van der Waals surface area (Å²) < 4.78 is 5.33. The van der Waals surface area contributed by atoms with E-state index < -0.39 is 0 Å². The normalized spacial score (nSPS) is 15.1. The summed E-state index contributed by atoms with van der Waals surface area (Å²) in [7, 11) is 0. The van der Waals surface area contributed by atoms with Crippen molar-refractivity contribution in [3.05, 3.63) is 42.1 Å². The molecule has 0 spiro atoms. The largest absolute Gasteiger partial charge is 0.468 e. The van der Waals surface area contributed by atoms with E-state index in [0.717, 1.165) is 11.3 Å². The average Bonchev–Trinajstić information content (AvgIpc) is 2.91. The van der Waals surface area contributed by atoms with Crippen LogP contribution in [0.5, 0.6) is 0 Å². The molecule has 0 saturated heterocycles. The summed E-state index contributed by atoms with van der Waals surface area (Å²) in [6.07, 6.45) is 5.41. The number of furan rings is 1. The van der Waals surface area contributed by atoms with Gasteiger partial charge < -0.3 is 9.73 Å². The van der Waals surface area contributed by atoms with Crippen LogP contribution in [-0.2, 0) is 0 Å². The topological polar surface area (TPSA) is 53.9 Å². The number of aromatic amines is 1. The minimum atomic E-state index is 0.199. The molecule has 2 N–H and O–H groups in total. The Bertz CT molecular complexity index is 342. The van der Waals surface area contributed by atoms with E-state index in [0.29, 0.717) is 0 Å². The summed E-state index contributed by atoms with van der Waals surface area (Å²) >= 11 is 0. The lowest BCUT2D eigenvalue weighted by Crippen LogP contribution is -2.21. The summed E-state index contributed by atoms with van der Waals surface area (Å²) in [5.41, 5.74) is 1.15. The molecule has 4 heteroatoms. The predicted octanol–water partition coefficient (Wildman–Crippen LogP) is 2.41. The van der Waals surface area contributed by atoms with Gasteiger partial charge in [0.15, 0.2) is 0 Å². The van der Waals surface area contributed by atoms with Crippen LogP contribution in [0.15, 0.2) is 35.2 Å². The van der Waals surface area contributed by atoms with Crippen molar-refractivity contribution in [2.75, 3.05) is 0 Å². The number of aromatic nitrogens is 2. The molecule has 2 heterocycles. The van der Waals surface area contributed by atoms with Crippen molar-refractivity contribution in [3.8, 4) is 0 Å². The Hall–Kier alpha value is -1.55. The first kappa shape index (κ1) is 9.98. The third-order valence-electron chi connectivity index (χ3n) is 2.49. The molecule has 2 aromatic rings. The minimum absolute atomic E-state index is 0.199. The minimum Gasteiger partial charge on any atom is -0.468 e. The Morgan fingerprint density at radius 2 is 2.27 bits per heavy atom. The van der Waals surface area contributed by atoms with Gasteiger partial charge in [-0.05, 0) is 26.0 Å². The summed E-state index contributed by atoms with van der Waals surface area (Å²) in [6.45, 7) is 4.18. The maximum Gasteiger partial charge on any atom is 0.120 e. The first-order chi connectivity index (χ1) is 7.27. The van der Waals surface area contributed by atoms with E-state index in [2.05, 4.69) is 29.4 Å². The Labute approximate surface area is 88.7 Å². The molecule has 2 atom stereocenters. The van der Waals surface area contributed by atoms with Crippen molar-refractivity contribution in [2.45, 2.75) is 25.9 Å². The van der Waals surface area contributed by atoms with Crippen molar-refractivity contribution in [3.63, 3.8) is 0 Å². The van der Waals surface area contributed by atoms with E-state index in [1.807, 2.05) is 24.5 Å². The molecular formula is C11H15N3O. The molecule has 0 aromatic carbocycles. The first-order valence-electron chi connectivity index (χ1n) is 5.05. The zero-order valence-corrected chi connectivity index (χ0v) is 8.90. The lowest BCUT2D eigenvalue weighted by molar-refractivity contribution is 0.403. The molecule has 2 rings (SSSR count). The van der Waals surface area contributed by atoms with Gasteiger partial charge in [-0.1, -0.05) is 0 Å². The van der Waals surface area contributed by atoms with Gasteiger partial charge >= 0.3 is 0 Å². The Kier molecular flexibility index (Phi) is 2.87. The molecule has 80 valence electrons. The SMILES string of the molecule is CC(NC(C)c1ccco1)c1cn[nH]c1. The third kappa shape index (κ3) is 2.27.